The molecule has 2 atom stereocenters. The predicted molar refractivity (Wildman–Crippen MR) is 188 cm³/mol. The van der Waals surface area contributed by atoms with Crippen LogP contribution in [0.3, 0.4) is 0 Å². The molecule has 54 heavy (non-hydrogen) atoms. The molecule has 1 aliphatic rings. The van der Waals surface area contributed by atoms with Crippen molar-refractivity contribution in [3.05, 3.63) is 0 Å². The smallest absolute Gasteiger partial charge is 0.317 e. The summed E-state index contributed by atoms with van der Waals surface area (Å²) in [7, 11) is -9.89. The highest BCUT2D eigenvalue weighted by Gasteiger charge is 2.32. The summed E-state index contributed by atoms with van der Waals surface area (Å²) in [6, 6.07) is -4.05. The number of aliphatic carboxylic acids is 3. The molecule has 25 heteroatoms. The summed E-state index contributed by atoms with van der Waals surface area (Å²) >= 11 is 0. The Bertz CT molecular complexity index is 1500. The summed E-state index contributed by atoms with van der Waals surface area (Å²) in [5, 5.41) is 34.6. The van der Waals surface area contributed by atoms with Gasteiger partial charge in [0.25, 0.3) is 20.2 Å². The van der Waals surface area contributed by atoms with Gasteiger partial charge in [0.1, 0.15) is 29.4 Å². The number of carboxylic acids is 3. The monoisotopic (exact) mass is 817 g/mol. The van der Waals surface area contributed by atoms with Crippen LogP contribution in [0.5, 0.6) is 0 Å². The van der Waals surface area contributed by atoms with Crippen LogP contribution in [-0.4, -0.2) is 211 Å². The lowest BCUT2D eigenvalue weighted by Gasteiger charge is -2.33. The van der Waals surface area contributed by atoms with Crippen molar-refractivity contribution in [3.63, 3.8) is 0 Å². The van der Waals surface area contributed by atoms with Gasteiger partial charge in [0.15, 0.2) is 0 Å². The number of unbranched alkanes of at least 4 members (excludes halogenated alkanes) is 2. The van der Waals surface area contributed by atoms with Crippen LogP contribution < -0.4 is 16.0 Å². The van der Waals surface area contributed by atoms with Crippen molar-refractivity contribution in [2.75, 3.05) is 96.6 Å². The fraction of sp³-hybridized carbons (Fsp3) is 0.759. The minimum atomic E-state index is -4.99. The molecule has 0 radical (unpaired) electrons. The molecule has 1 rings (SSSR count). The highest BCUT2D eigenvalue weighted by Crippen LogP contribution is 2.04. The molecule has 0 saturated carbocycles. The Hall–Kier alpha value is -3.85. The first-order chi connectivity index (χ1) is 25.0. The zero-order valence-corrected chi connectivity index (χ0v) is 31.6. The van der Waals surface area contributed by atoms with E-state index in [0.717, 1.165) is 0 Å². The molecule has 0 aromatic carbocycles. The second kappa shape index (κ2) is 23.8. The summed E-state index contributed by atoms with van der Waals surface area (Å²) < 4.78 is 65.8. The summed E-state index contributed by atoms with van der Waals surface area (Å²) in [6.45, 7) is 0.00953. The van der Waals surface area contributed by atoms with Gasteiger partial charge in [-0.05, 0) is 19.8 Å². The molecule has 0 unspecified atom stereocenters. The Morgan fingerprint density at radius 2 is 0.926 bits per heavy atom. The van der Waals surface area contributed by atoms with Crippen LogP contribution in [0.25, 0.3) is 0 Å². The van der Waals surface area contributed by atoms with Crippen LogP contribution in [0.15, 0.2) is 0 Å². The molecule has 1 fully saturated rings. The van der Waals surface area contributed by atoms with Crippen LogP contribution >= 0.6 is 0 Å². The maximum Gasteiger partial charge on any atom is 0.317 e. The molecule has 0 aromatic heterocycles. The fourth-order valence-electron chi connectivity index (χ4n) is 5.30. The molecule has 3 amide bonds. The SMILES string of the molecule is CC(=O)CCCCCNC(=O)[C@H](CS(=O)(=O)O)NC(=O)[C@H](CS(=O)(=O)O)NC(=O)CN1CCN(CC(=O)O)CCN(CC(=O)O)CCN(CC(=O)O)CC1. The third-order valence-corrected chi connectivity index (χ3v) is 9.43. The molecule has 0 aliphatic carbocycles. The number of carbonyl (C=O) groups excluding carboxylic acids is 4. The summed E-state index contributed by atoms with van der Waals surface area (Å²) in [6.07, 6.45) is 1.73. The molecule has 1 heterocycles. The summed E-state index contributed by atoms with van der Waals surface area (Å²) in [5.74, 6) is -9.78. The van der Waals surface area contributed by atoms with E-state index in [-0.39, 0.29) is 71.2 Å². The van der Waals surface area contributed by atoms with Gasteiger partial charge in [-0.25, -0.2) is 0 Å². The van der Waals surface area contributed by atoms with Gasteiger partial charge in [-0.1, -0.05) is 6.42 Å². The predicted octanol–water partition coefficient (Wildman–Crippen LogP) is -4.53. The Kier molecular flexibility index (Phi) is 21.3. The number of hydrogen-bond donors (Lipinski definition) is 8. The minimum absolute atomic E-state index is 0.00994. The quantitative estimate of drug-likeness (QED) is 0.0377. The maximum absolute atomic E-state index is 13.2. The lowest BCUT2D eigenvalue weighted by atomic mass is 10.1. The molecule has 1 saturated heterocycles. The first-order valence-corrected chi connectivity index (χ1v) is 20.1. The van der Waals surface area contributed by atoms with Gasteiger partial charge in [-0.2, -0.15) is 16.8 Å². The lowest BCUT2D eigenvalue weighted by molar-refractivity contribution is -0.140. The number of ketones is 1. The molecule has 23 nitrogen and oxygen atoms in total. The Balaban J connectivity index is 3.18. The van der Waals surface area contributed by atoms with Gasteiger partial charge in [0, 0.05) is 65.3 Å². The van der Waals surface area contributed by atoms with Gasteiger partial charge in [-0.3, -0.25) is 57.5 Å². The van der Waals surface area contributed by atoms with E-state index in [1.54, 1.807) is 0 Å². The minimum Gasteiger partial charge on any atom is -0.480 e. The first-order valence-electron chi connectivity index (χ1n) is 16.8. The van der Waals surface area contributed by atoms with Crippen molar-refractivity contribution in [1.82, 2.24) is 35.6 Å². The van der Waals surface area contributed by atoms with Gasteiger partial charge < -0.3 is 36.1 Å². The number of Topliss-reactive ketones (excluding diaryl/α,β-unsaturated/α-hetero) is 1. The van der Waals surface area contributed by atoms with Crippen molar-refractivity contribution in [3.8, 4) is 0 Å². The van der Waals surface area contributed by atoms with Gasteiger partial charge in [-0.15, -0.1) is 0 Å². The standard InChI is InChI=1S/C29H51N7O16S2/c1-21(37)5-3-2-4-6-30-28(45)22(19-53(47,48)49)32-29(46)23(20-54(50,51)52)31-24(38)15-33-7-9-34(16-25(39)40)11-13-36(18-27(43)44)14-12-35(10-8-33)17-26(41)42/h22-23H,2-20H2,1H3,(H,30,45)(H,31,38)(H,32,46)(H,39,40)(H,41,42)(H,43,44)(H,47,48,49)(H,50,51,52)/t22-,23-/m0/s1. The largest absolute Gasteiger partial charge is 0.480 e. The first kappa shape index (κ1) is 48.2. The van der Waals surface area contributed by atoms with E-state index in [9.17, 15) is 74.8 Å². The molecular formula is C29H51N7O16S2. The molecular weight excluding hydrogens is 766 g/mol. The third kappa shape index (κ3) is 23.7. The second-order valence-corrected chi connectivity index (χ2v) is 15.8. The van der Waals surface area contributed by atoms with Crippen LogP contribution in [-0.2, 0) is 53.8 Å². The van der Waals surface area contributed by atoms with E-state index < -0.39 is 99.1 Å². The lowest BCUT2D eigenvalue weighted by Crippen LogP contribution is -2.58. The molecule has 0 spiro atoms. The van der Waals surface area contributed by atoms with E-state index >= 15 is 0 Å². The van der Waals surface area contributed by atoms with E-state index in [1.165, 1.54) is 26.5 Å². The van der Waals surface area contributed by atoms with E-state index in [2.05, 4.69) is 10.6 Å². The number of nitrogens with one attached hydrogen (secondary N) is 3. The van der Waals surface area contributed by atoms with E-state index in [0.29, 0.717) is 25.7 Å². The maximum atomic E-state index is 13.2. The number of carbonyl (C=O) groups is 7. The normalized spacial score (nSPS) is 17.2. The molecule has 1 aliphatic heterocycles. The highest BCUT2D eigenvalue weighted by molar-refractivity contribution is 7.86. The van der Waals surface area contributed by atoms with Crippen LogP contribution in [0.1, 0.15) is 32.6 Å². The zero-order chi connectivity index (χ0) is 41.1. The Morgan fingerprint density at radius 3 is 1.28 bits per heavy atom. The van der Waals surface area contributed by atoms with Crippen molar-refractivity contribution in [2.45, 2.75) is 44.7 Å². The third-order valence-electron chi connectivity index (χ3n) is 7.92. The van der Waals surface area contributed by atoms with Crippen molar-refractivity contribution >= 4 is 61.6 Å². The Labute approximate surface area is 312 Å². The van der Waals surface area contributed by atoms with Crippen LogP contribution in [0.4, 0.5) is 0 Å². The van der Waals surface area contributed by atoms with Gasteiger partial charge >= 0.3 is 17.9 Å². The number of amides is 3. The molecule has 8 N–H and O–H groups in total. The van der Waals surface area contributed by atoms with E-state index in [4.69, 9.17) is 0 Å². The van der Waals surface area contributed by atoms with Crippen molar-refractivity contribution < 1.29 is 74.8 Å². The van der Waals surface area contributed by atoms with Gasteiger partial charge in [0.05, 0.1) is 26.2 Å². The number of rotatable bonds is 22. The molecule has 310 valence electrons. The van der Waals surface area contributed by atoms with Crippen molar-refractivity contribution in [2.24, 2.45) is 0 Å². The van der Waals surface area contributed by atoms with Crippen LogP contribution in [0, 0.1) is 0 Å². The van der Waals surface area contributed by atoms with Gasteiger partial charge in [0.2, 0.25) is 17.7 Å². The molecule has 0 aromatic rings. The highest BCUT2D eigenvalue weighted by atomic mass is 32.2. The number of carboxylic acid groups (broad SMARTS) is 3. The van der Waals surface area contributed by atoms with Crippen molar-refractivity contribution in [1.29, 1.82) is 0 Å². The summed E-state index contributed by atoms with van der Waals surface area (Å²) in [4.78, 5) is 90.7. The second-order valence-electron chi connectivity index (χ2n) is 12.8. The van der Waals surface area contributed by atoms with E-state index in [1.807, 2.05) is 5.32 Å². The average molecular weight is 818 g/mol. The zero-order valence-electron chi connectivity index (χ0n) is 29.9. The topological polar surface area (TPSA) is 338 Å². The summed E-state index contributed by atoms with van der Waals surface area (Å²) in [5.41, 5.74) is 0. The average Bonchev–Trinajstić information content (AvgIpc) is 3.01. The number of nitrogens with zero attached hydrogens (tertiary/aromatic N) is 4. The fourth-order valence-corrected chi connectivity index (χ4v) is 6.61. The Morgan fingerprint density at radius 1 is 0.556 bits per heavy atom. The van der Waals surface area contributed by atoms with Crippen LogP contribution in [0.2, 0.25) is 0 Å². The molecule has 0 bridgehead atoms. The number of hydrogen-bond acceptors (Lipinski definition) is 15.